The van der Waals surface area contributed by atoms with E-state index in [1.54, 1.807) is 30.3 Å². The highest BCUT2D eigenvalue weighted by molar-refractivity contribution is 5.93. The van der Waals surface area contributed by atoms with Gasteiger partial charge in [0.05, 0.1) is 21.6 Å². The predicted molar refractivity (Wildman–Crippen MR) is 119 cm³/mol. The van der Waals surface area contributed by atoms with Crippen molar-refractivity contribution < 1.29 is 28.9 Å². The number of hydrogen-bond donors (Lipinski definition) is 1. The third kappa shape index (κ3) is 6.20. The molecule has 3 aromatic carbocycles. The largest absolute Gasteiger partial charge is 0.477 e. The van der Waals surface area contributed by atoms with Gasteiger partial charge in [0, 0.05) is 23.8 Å². The number of nitrogens with one attached hydrogen (secondary N) is 1. The molecule has 3 rings (SSSR count). The molecule has 0 aliphatic carbocycles. The van der Waals surface area contributed by atoms with Crippen LogP contribution in [0.2, 0.25) is 0 Å². The van der Waals surface area contributed by atoms with Gasteiger partial charge in [-0.15, -0.1) is 0 Å². The number of benzene rings is 3. The van der Waals surface area contributed by atoms with Crippen LogP contribution in [0, 0.1) is 20.2 Å². The van der Waals surface area contributed by atoms with E-state index < -0.39 is 28.3 Å². The van der Waals surface area contributed by atoms with Gasteiger partial charge >= 0.3 is 11.7 Å². The molecule has 0 radical (unpaired) electrons. The van der Waals surface area contributed by atoms with Crippen LogP contribution in [0.5, 0.6) is 11.5 Å². The van der Waals surface area contributed by atoms with Crippen LogP contribution in [0.4, 0.5) is 11.4 Å². The van der Waals surface area contributed by atoms with Crippen LogP contribution in [0.3, 0.4) is 0 Å². The van der Waals surface area contributed by atoms with Crippen LogP contribution < -0.4 is 14.9 Å². The maximum Gasteiger partial charge on any atom is 0.343 e. The van der Waals surface area contributed by atoms with Gasteiger partial charge in [-0.2, -0.15) is 5.10 Å². The summed E-state index contributed by atoms with van der Waals surface area (Å²) in [6.45, 7) is -0.576. The highest BCUT2D eigenvalue weighted by atomic mass is 16.6. The van der Waals surface area contributed by atoms with E-state index in [9.17, 15) is 29.8 Å². The van der Waals surface area contributed by atoms with Crippen LogP contribution in [-0.2, 0) is 4.79 Å². The lowest BCUT2D eigenvalue weighted by molar-refractivity contribution is -0.385. The molecule has 172 valence electrons. The number of rotatable bonds is 9. The summed E-state index contributed by atoms with van der Waals surface area (Å²) in [5.41, 5.74) is 1.87. The fourth-order valence-corrected chi connectivity index (χ4v) is 2.66. The Hall–Kier alpha value is -5.13. The molecule has 34 heavy (non-hydrogen) atoms. The van der Waals surface area contributed by atoms with Gasteiger partial charge in [-0.1, -0.05) is 30.3 Å². The lowest BCUT2D eigenvalue weighted by Crippen LogP contribution is -2.24. The first-order chi connectivity index (χ1) is 16.3. The van der Waals surface area contributed by atoms with Crippen molar-refractivity contribution in [3.8, 4) is 11.5 Å². The number of non-ortho nitro benzene ring substituents is 1. The van der Waals surface area contributed by atoms with Crippen molar-refractivity contribution in [2.45, 2.75) is 0 Å². The van der Waals surface area contributed by atoms with Crippen LogP contribution >= 0.6 is 0 Å². The highest BCUT2D eigenvalue weighted by Crippen LogP contribution is 2.26. The Morgan fingerprint density at radius 3 is 2.32 bits per heavy atom. The molecule has 0 atom stereocenters. The van der Waals surface area contributed by atoms with E-state index in [4.69, 9.17) is 9.47 Å². The van der Waals surface area contributed by atoms with E-state index in [0.29, 0.717) is 0 Å². The molecular formula is C22H16N4O8. The zero-order valence-electron chi connectivity index (χ0n) is 17.3. The molecule has 1 amide bonds. The zero-order valence-corrected chi connectivity index (χ0v) is 17.3. The van der Waals surface area contributed by atoms with Crippen LogP contribution in [0.15, 0.2) is 77.9 Å². The summed E-state index contributed by atoms with van der Waals surface area (Å²) in [7, 11) is 0. The molecular weight excluding hydrogens is 448 g/mol. The monoisotopic (exact) mass is 464 g/mol. The van der Waals surface area contributed by atoms with Gasteiger partial charge in [0.15, 0.2) is 12.4 Å². The molecule has 0 fully saturated rings. The first-order valence-corrected chi connectivity index (χ1v) is 9.59. The Kier molecular flexibility index (Phi) is 7.58. The number of para-hydroxylation sites is 2. The summed E-state index contributed by atoms with van der Waals surface area (Å²) in [4.78, 5) is 45.1. The third-order valence-corrected chi connectivity index (χ3v) is 4.23. The lowest BCUT2D eigenvalue weighted by Gasteiger charge is -2.08. The molecule has 0 aliphatic heterocycles. The number of carbonyl (C=O) groups is 2. The number of esters is 1. The van der Waals surface area contributed by atoms with Gasteiger partial charge in [0.2, 0.25) is 0 Å². The minimum atomic E-state index is -0.748. The second-order valence-corrected chi connectivity index (χ2v) is 6.54. The summed E-state index contributed by atoms with van der Waals surface area (Å²) in [5.74, 6) is -1.55. The summed E-state index contributed by atoms with van der Waals surface area (Å²) in [6.07, 6.45) is 1.06. The minimum absolute atomic E-state index is 0.0198. The number of nitro benzene ring substituents is 2. The number of hydrazone groups is 1. The molecule has 12 nitrogen and oxygen atoms in total. The van der Waals surface area contributed by atoms with Crippen LogP contribution in [0.1, 0.15) is 15.9 Å². The molecule has 0 heterocycles. The molecule has 0 unspecified atom stereocenters. The molecule has 12 heteroatoms. The quantitative estimate of drug-likeness (QED) is 0.166. The van der Waals surface area contributed by atoms with Gasteiger partial charge in [-0.05, 0) is 24.3 Å². The number of ether oxygens (including phenoxy) is 2. The summed E-state index contributed by atoms with van der Waals surface area (Å²) in [6, 6.07) is 17.2. The average molecular weight is 464 g/mol. The lowest BCUT2D eigenvalue weighted by atomic mass is 10.2. The number of amides is 1. The second kappa shape index (κ2) is 10.9. The zero-order chi connectivity index (χ0) is 24.5. The first-order valence-electron chi connectivity index (χ1n) is 9.59. The van der Waals surface area contributed by atoms with E-state index in [2.05, 4.69) is 10.5 Å². The Labute approximate surface area is 191 Å². The number of nitro groups is 2. The molecule has 0 saturated heterocycles. The number of hydrogen-bond acceptors (Lipinski definition) is 9. The Bertz CT molecular complexity index is 1260. The molecule has 0 spiro atoms. The normalized spacial score (nSPS) is 10.5. The standard InChI is InChI=1S/C22H16N4O8/c27-21(14-33-20-9-5-4-8-18(20)26(31)32)24-23-13-16-12-17(25(29)30)10-11-19(16)34-22(28)15-6-2-1-3-7-15/h1-13H,14H2,(H,24,27)/b23-13+. The van der Waals surface area contributed by atoms with E-state index in [0.717, 1.165) is 18.3 Å². The molecule has 1 N–H and O–H groups in total. The van der Waals surface area contributed by atoms with Gasteiger partial charge in [0.25, 0.3) is 11.6 Å². The maximum atomic E-state index is 12.3. The molecule has 0 saturated carbocycles. The predicted octanol–water partition coefficient (Wildman–Crippen LogP) is 3.25. The van der Waals surface area contributed by atoms with Crippen molar-refractivity contribution >= 4 is 29.5 Å². The van der Waals surface area contributed by atoms with Crippen molar-refractivity contribution in [1.82, 2.24) is 5.43 Å². The number of carbonyl (C=O) groups excluding carboxylic acids is 2. The Morgan fingerprint density at radius 2 is 1.62 bits per heavy atom. The summed E-state index contributed by atoms with van der Waals surface area (Å²) in [5, 5.41) is 25.8. The van der Waals surface area contributed by atoms with Gasteiger partial charge < -0.3 is 9.47 Å². The third-order valence-electron chi connectivity index (χ3n) is 4.23. The average Bonchev–Trinajstić information content (AvgIpc) is 2.84. The topological polar surface area (TPSA) is 163 Å². The molecule has 0 aliphatic rings. The molecule has 3 aromatic rings. The van der Waals surface area contributed by atoms with Gasteiger partial charge in [0.1, 0.15) is 5.75 Å². The van der Waals surface area contributed by atoms with E-state index in [1.165, 1.54) is 30.3 Å². The van der Waals surface area contributed by atoms with Crippen molar-refractivity contribution in [3.63, 3.8) is 0 Å². The fraction of sp³-hybridized carbons (Fsp3) is 0.0455. The van der Waals surface area contributed by atoms with Crippen molar-refractivity contribution in [2.24, 2.45) is 5.10 Å². The maximum absolute atomic E-state index is 12.3. The Balaban J connectivity index is 1.69. The first kappa shape index (κ1) is 23.5. The van der Waals surface area contributed by atoms with E-state index in [-0.39, 0.29) is 34.0 Å². The number of nitrogens with zero attached hydrogens (tertiary/aromatic N) is 3. The highest BCUT2D eigenvalue weighted by Gasteiger charge is 2.16. The van der Waals surface area contributed by atoms with E-state index in [1.807, 2.05) is 0 Å². The van der Waals surface area contributed by atoms with Gasteiger partial charge in [-0.3, -0.25) is 25.0 Å². The summed E-state index contributed by atoms with van der Waals surface area (Å²) < 4.78 is 10.5. The smallest absolute Gasteiger partial charge is 0.343 e. The molecule has 0 bridgehead atoms. The van der Waals surface area contributed by atoms with Crippen LogP contribution in [0.25, 0.3) is 0 Å². The van der Waals surface area contributed by atoms with Gasteiger partial charge in [-0.25, -0.2) is 10.2 Å². The van der Waals surface area contributed by atoms with Crippen molar-refractivity contribution in [1.29, 1.82) is 0 Å². The molecule has 0 aromatic heterocycles. The van der Waals surface area contributed by atoms with E-state index >= 15 is 0 Å². The van der Waals surface area contributed by atoms with Crippen LogP contribution in [-0.4, -0.2) is 34.5 Å². The summed E-state index contributed by atoms with van der Waals surface area (Å²) >= 11 is 0. The Morgan fingerprint density at radius 1 is 0.912 bits per heavy atom. The van der Waals surface area contributed by atoms with Crippen molar-refractivity contribution in [2.75, 3.05) is 6.61 Å². The second-order valence-electron chi connectivity index (χ2n) is 6.54. The SMILES string of the molecule is O=C(COc1ccccc1[N+](=O)[O-])N/N=C/c1cc([N+](=O)[O-])ccc1OC(=O)c1ccccc1. The fourth-order valence-electron chi connectivity index (χ4n) is 2.66. The van der Waals surface area contributed by atoms with Crippen molar-refractivity contribution in [3.05, 3.63) is 104 Å². The minimum Gasteiger partial charge on any atom is -0.477 e.